The van der Waals surface area contributed by atoms with Crippen LogP contribution in [0, 0.1) is 0 Å². The van der Waals surface area contributed by atoms with E-state index in [1.165, 1.54) is 0 Å². The van der Waals surface area contributed by atoms with Crippen molar-refractivity contribution in [3.8, 4) is 0 Å². The van der Waals surface area contributed by atoms with E-state index >= 15 is 0 Å². The van der Waals surface area contributed by atoms with Crippen LogP contribution in [0.1, 0.15) is 10.6 Å². The van der Waals surface area contributed by atoms with Crippen LogP contribution in [0.25, 0.3) is 16.4 Å². The van der Waals surface area contributed by atoms with Crippen molar-refractivity contribution in [2.24, 2.45) is 0 Å². The van der Waals surface area contributed by atoms with Crippen LogP contribution in [-0.4, -0.2) is 15.3 Å². The van der Waals surface area contributed by atoms with Crippen molar-refractivity contribution in [3.63, 3.8) is 0 Å². The first-order valence-electron chi connectivity index (χ1n) is 6.99. The van der Waals surface area contributed by atoms with Crippen molar-refractivity contribution in [1.29, 1.82) is 0 Å². The number of anilines is 1. The van der Waals surface area contributed by atoms with E-state index in [9.17, 15) is 9.59 Å². The topological polar surface area (TPSA) is 76.6 Å². The summed E-state index contributed by atoms with van der Waals surface area (Å²) in [5.41, 5.74) is 0.178. The molecule has 3 aromatic heterocycles. The number of carbonyl (C=O) groups is 1. The maximum absolute atomic E-state index is 12.4. The number of amides is 1. The molecule has 23 heavy (non-hydrogen) atoms. The van der Waals surface area contributed by atoms with Gasteiger partial charge in [-0.25, -0.2) is 9.78 Å². The molecule has 1 N–H and O–H groups in total. The standard InChI is InChI=1S/C17H11N3O3/c21-16(19-15-7-3-6-14-18-8-9-20(14)15)13-10-11-4-1-2-5-12(11)17(22)23-13/h1-10H,(H,19,21). The molecule has 0 aliphatic rings. The molecule has 4 rings (SSSR count). The number of carbonyl (C=O) groups excluding carboxylic acids is 1. The molecule has 6 nitrogen and oxygen atoms in total. The van der Waals surface area contributed by atoms with Crippen LogP contribution >= 0.6 is 0 Å². The molecule has 0 fully saturated rings. The molecule has 0 aliphatic carbocycles. The predicted octanol–water partition coefficient (Wildman–Crippen LogP) is 2.69. The van der Waals surface area contributed by atoms with E-state index in [-0.39, 0.29) is 5.76 Å². The second-order valence-electron chi connectivity index (χ2n) is 5.01. The minimum absolute atomic E-state index is 0.0363. The van der Waals surface area contributed by atoms with E-state index in [1.807, 2.05) is 6.07 Å². The summed E-state index contributed by atoms with van der Waals surface area (Å²) in [6, 6.07) is 13.9. The Kier molecular flexibility index (Phi) is 2.94. The zero-order chi connectivity index (χ0) is 15.8. The molecule has 0 radical (unpaired) electrons. The van der Waals surface area contributed by atoms with Gasteiger partial charge in [0, 0.05) is 12.4 Å². The monoisotopic (exact) mass is 305 g/mol. The quantitative estimate of drug-likeness (QED) is 0.617. The number of benzene rings is 1. The maximum atomic E-state index is 12.4. The number of hydrogen-bond acceptors (Lipinski definition) is 4. The highest BCUT2D eigenvalue weighted by Gasteiger charge is 2.13. The first-order valence-corrected chi connectivity index (χ1v) is 6.99. The van der Waals surface area contributed by atoms with Crippen LogP contribution in [0.5, 0.6) is 0 Å². The van der Waals surface area contributed by atoms with Gasteiger partial charge in [-0.2, -0.15) is 0 Å². The van der Waals surface area contributed by atoms with E-state index in [2.05, 4.69) is 10.3 Å². The van der Waals surface area contributed by atoms with Gasteiger partial charge >= 0.3 is 5.63 Å². The highest BCUT2D eigenvalue weighted by atomic mass is 16.4. The zero-order valence-corrected chi connectivity index (χ0v) is 11.9. The number of imidazole rings is 1. The highest BCUT2D eigenvalue weighted by Crippen LogP contribution is 2.15. The van der Waals surface area contributed by atoms with Crippen LogP contribution in [0.3, 0.4) is 0 Å². The van der Waals surface area contributed by atoms with Crippen molar-refractivity contribution in [2.45, 2.75) is 0 Å². The van der Waals surface area contributed by atoms with E-state index in [1.54, 1.807) is 59.3 Å². The third-order valence-electron chi connectivity index (χ3n) is 3.56. The Morgan fingerprint density at radius 2 is 2.00 bits per heavy atom. The summed E-state index contributed by atoms with van der Waals surface area (Å²) in [7, 11) is 0. The van der Waals surface area contributed by atoms with Crippen molar-refractivity contribution in [1.82, 2.24) is 9.38 Å². The van der Waals surface area contributed by atoms with Crippen molar-refractivity contribution >= 4 is 28.1 Å². The zero-order valence-electron chi connectivity index (χ0n) is 11.9. The molecule has 0 aliphatic heterocycles. The molecule has 6 heteroatoms. The minimum atomic E-state index is -0.533. The first kappa shape index (κ1) is 13.3. The second-order valence-corrected chi connectivity index (χ2v) is 5.01. The minimum Gasteiger partial charge on any atom is -0.417 e. The lowest BCUT2D eigenvalue weighted by molar-refractivity contribution is 0.0992. The molecule has 0 saturated heterocycles. The molecular weight excluding hydrogens is 294 g/mol. The lowest BCUT2D eigenvalue weighted by Crippen LogP contribution is -2.16. The van der Waals surface area contributed by atoms with E-state index in [0.717, 1.165) is 0 Å². The maximum Gasteiger partial charge on any atom is 0.344 e. The fourth-order valence-corrected chi connectivity index (χ4v) is 2.47. The van der Waals surface area contributed by atoms with Crippen molar-refractivity contribution in [3.05, 3.63) is 77.1 Å². The predicted molar refractivity (Wildman–Crippen MR) is 85.6 cm³/mol. The summed E-state index contributed by atoms with van der Waals surface area (Å²) in [5.74, 6) is 0.0145. The van der Waals surface area contributed by atoms with Gasteiger partial charge in [-0.3, -0.25) is 9.20 Å². The number of rotatable bonds is 2. The lowest BCUT2D eigenvalue weighted by atomic mass is 10.1. The summed E-state index contributed by atoms with van der Waals surface area (Å²) < 4.78 is 6.86. The van der Waals surface area contributed by atoms with Gasteiger partial charge in [0.15, 0.2) is 5.76 Å². The molecule has 0 atom stereocenters. The molecule has 0 bridgehead atoms. The normalized spacial score (nSPS) is 11.0. The van der Waals surface area contributed by atoms with Crippen LogP contribution in [0.15, 0.2) is 70.1 Å². The van der Waals surface area contributed by atoms with Crippen LogP contribution in [-0.2, 0) is 0 Å². The molecule has 0 spiro atoms. The third kappa shape index (κ3) is 2.26. The molecular formula is C17H11N3O3. The number of nitrogens with zero attached hydrogens (tertiary/aromatic N) is 2. The van der Waals surface area contributed by atoms with E-state index in [4.69, 9.17) is 4.42 Å². The fourth-order valence-electron chi connectivity index (χ4n) is 2.47. The summed E-state index contributed by atoms with van der Waals surface area (Å²) in [5, 5.41) is 3.84. The average molecular weight is 305 g/mol. The van der Waals surface area contributed by atoms with Gasteiger partial charge in [0.1, 0.15) is 11.5 Å². The van der Waals surface area contributed by atoms with E-state index in [0.29, 0.717) is 22.2 Å². The van der Waals surface area contributed by atoms with Gasteiger partial charge in [-0.15, -0.1) is 0 Å². The largest absolute Gasteiger partial charge is 0.417 e. The van der Waals surface area contributed by atoms with E-state index < -0.39 is 11.5 Å². The third-order valence-corrected chi connectivity index (χ3v) is 3.56. The molecule has 0 saturated carbocycles. The number of pyridine rings is 1. The molecule has 1 aromatic carbocycles. The fraction of sp³-hybridized carbons (Fsp3) is 0. The number of aromatic nitrogens is 2. The van der Waals surface area contributed by atoms with Gasteiger partial charge < -0.3 is 9.73 Å². The van der Waals surface area contributed by atoms with Gasteiger partial charge in [0.2, 0.25) is 0 Å². The average Bonchev–Trinajstić information content (AvgIpc) is 3.04. The molecule has 112 valence electrons. The van der Waals surface area contributed by atoms with Crippen LogP contribution in [0.2, 0.25) is 0 Å². The first-order chi connectivity index (χ1) is 11.2. The number of nitrogens with one attached hydrogen (secondary N) is 1. The molecule has 3 heterocycles. The van der Waals surface area contributed by atoms with Gasteiger partial charge in [-0.1, -0.05) is 24.3 Å². The lowest BCUT2D eigenvalue weighted by Gasteiger charge is -2.07. The Balaban J connectivity index is 1.75. The van der Waals surface area contributed by atoms with Gasteiger partial charge in [0.25, 0.3) is 5.91 Å². The SMILES string of the molecule is O=C(Nc1cccc2nccn12)c1cc2ccccc2c(=O)o1. The Morgan fingerprint density at radius 3 is 2.91 bits per heavy atom. The highest BCUT2D eigenvalue weighted by molar-refractivity contribution is 6.03. The summed E-state index contributed by atoms with van der Waals surface area (Å²) in [6.07, 6.45) is 3.38. The Hall–Kier alpha value is -3.41. The van der Waals surface area contributed by atoms with Gasteiger partial charge in [0.05, 0.1) is 5.39 Å². The van der Waals surface area contributed by atoms with Crippen molar-refractivity contribution < 1.29 is 9.21 Å². The molecule has 1 amide bonds. The molecule has 0 unspecified atom stereocenters. The smallest absolute Gasteiger partial charge is 0.344 e. The number of fused-ring (bicyclic) bond motifs is 2. The Morgan fingerprint density at radius 1 is 1.13 bits per heavy atom. The van der Waals surface area contributed by atoms with Crippen molar-refractivity contribution in [2.75, 3.05) is 5.32 Å². The van der Waals surface area contributed by atoms with Crippen LogP contribution in [0.4, 0.5) is 5.82 Å². The molecule has 4 aromatic rings. The van der Waals surface area contributed by atoms with Gasteiger partial charge in [-0.05, 0) is 29.7 Å². The van der Waals surface area contributed by atoms with Crippen LogP contribution < -0.4 is 10.9 Å². The summed E-state index contributed by atoms with van der Waals surface area (Å²) >= 11 is 0. The Bertz CT molecular complexity index is 1090. The Labute approximate surface area is 130 Å². The number of hydrogen-bond donors (Lipinski definition) is 1. The summed E-state index contributed by atoms with van der Waals surface area (Å²) in [6.45, 7) is 0. The second kappa shape index (κ2) is 5.10. The summed E-state index contributed by atoms with van der Waals surface area (Å²) in [4.78, 5) is 28.5.